The molecule has 3 unspecified atom stereocenters. The Hall–Kier alpha value is -2.46. The fraction of sp³-hybridized carbons (Fsp3) is 0.391. The number of Topliss-reactive ketones (excluding diaryl/α,β-unsaturated/α-hetero) is 2. The smallest absolute Gasteiger partial charge is 0.247 e. The molecule has 1 saturated carbocycles. The molecule has 176 valence electrons. The van der Waals surface area contributed by atoms with Crippen molar-refractivity contribution in [1.82, 2.24) is 9.62 Å². The lowest BCUT2D eigenvalue weighted by molar-refractivity contribution is -0.145. The van der Waals surface area contributed by atoms with Gasteiger partial charge in [0.05, 0.1) is 10.7 Å². The summed E-state index contributed by atoms with van der Waals surface area (Å²) < 4.78 is 26.2. The van der Waals surface area contributed by atoms with E-state index in [2.05, 4.69) is 16.7 Å². The molecule has 0 aliphatic heterocycles. The average molecular weight is 492 g/mol. The Balaban J connectivity index is 1.61. The molecule has 2 aromatic rings. The normalized spacial score (nSPS) is 23.1. The van der Waals surface area contributed by atoms with E-state index in [1.54, 1.807) is 0 Å². The van der Waals surface area contributed by atoms with Crippen LogP contribution in [-0.4, -0.2) is 55.6 Å². The van der Waals surface area contributed by atoms with Crippen LogP contribution in [0.1, 0.15) is 36.4 Å². The van der Waals surface area contributed by atoms with Crippen LogP contribution in [-0.2, 0) is 26.0 Å². The summed E-state index contributed by atoms with van der Waals surface area (Å²) in [6, 6.07) is 8.97. The number of nitrogens with one attached hydrogen (secondary N) is 2. The number of sulfonamides is 1. The fourth-order valence-electron chi connectivity index (χ4n) is 4.40. The molecule has 1 fully saturated rings. The molecule has 33 heavy (non-hydrogen) atoms. The van der Waals surface area contributed by atoms with E-state index in [0.717, 1.165) is 35.6 Å². The standard InChI is InChI=1S/C23H26ClN3O5S/c1-27(2)33(31,32)23-15(24)11-12-17(20(23)28)26-19-18(21(29)22(19)30)25-16-10-6-4-8-13-7-3-5-9-14(13)16/h3,5,7,9,11-12,16,18-19,25-26,28H,4,6,8,10H2,1-2H3. The van der Waals surface area contributed by atoms with Gasteiger partial charge in [0, 0.05) is 20.1 Å². The number of halogens is 1. The van der Waals surface area contributed by atoms with E-state index in [1.165, 1.54) is 31.8 Å². The highest BCUT2D eigenvalue weighted by Gasteiger charge is 2.50. The minimum atomic E-state index is -4.04. The number of carbonyl (C=O) groups excluding carboxylic acids is 2. The molecule has 4 rings (SSSR count). The highest BCUT2D eigenvalue weighted by Crippen LogP contribution is 2.39. The monoisotopic (exact) mass is 491 g/mol. The van der Waals surface area contributed by atoms with Crippen LogP contribution in [0.3, 0.4) is 0 Å². The summed E-state index contributed by atoms with van der Waals surface area (Å²) in [5.41, 5.74) is 2.36. The van der Waals surface area contributed by atoms with Gasteiger partial charge in [-0.3, -0.25) is 14.9 Å². The number of rotatable bonds is 6. The topological polar surface area (TPSA) is 116 Å². The number of aromatic hydroxyl groups is 1. The molecule has 0 saturated heterocycles. The summed E-state index contributed by atoms with van der Waals surface area (Å²) in [5, 5.41) is 16.7. The van der Waals surface area contributed by atoms with Gasteiger partial charge >= 0.3 is 0 Å². The summed E-state index contributed by atoms with van der Waals surface area (Å²) in [4.78, 5) is 24.4. The molecule has 3 atom stereocenters. The van der Waals surface area contributed by atoms with Gasteiger partial charge in [0.1, 0.15) is 17.0 Å². The lowest BCUT2D eigenvalue weighted by Crippen LogP contribution is -2.67. The van der Waals surface area contributed by atoms with E-state index < -0.39 is 44.3 Å². The number of benzene rings is 2. The average Bonchev–Trinajstić information content (AvgIpc) is 2.99. The van der Waals surface area contributed by atoms with E-state index in [4.69, 9.17) is 11.6 Å². The Bertz CT molecular complexity index is 1210. The molecule has 0 radical (unpaired) electrons. The minimum absolute atomic E-state index is 0.0127. The van der Waals surface area contributed by atoms with Crippen LogP contribution in [0.5, 0.6) is 5.75 Å². The van der Waals surface area contributed by atoms with Crippen LogP contribution in [0.25, 0.3) is 0 Å². The zero-order chi connectivity index (χ0) is 23.9. The van der Waals surface area contributed by atoms with Crippen molar-refractivity contribution in [2.45, 2.75) is 48.7 Å². The number of ketones is 2. The Morgan fingerprint density at radius 3 is 2.45 bits per heavy atom. The lowest BCUT2D eigenvalue weighted by atomic mass is 9.81. The molecular formula is C23H26ClN3O5S. The zero-order valence-electron chi connectivity index (χ0n) is 18.3. The van der Waals surface area contributed by atoms with Gasteiger partial charge in [-0.05, 0) is 42.5 Å². The predicted molar refractivity (Wildman–Crippen MR) is 125 cm³/mol. The summed E-state index contributed by atoms with van der Waals surface area (Å²) >= 11 is 6.06. The van der Waals surface area contributed by atoms with Gasteiger partial charge in [-0.25, -0.2) is 12.7 Å². The molecule has 0 bridgehead atoms. The molecule has 0 heterocycles. The number of phenolic OH excluding ortho intramolecular Hbond substituents is 1. The van der Waals surface area contributed by atoms with Crippen molar-refractivity contribution in [2.24, 2.45) is 0 Å². The number of carbonyl (C=O) groups is 2. The van der Waals surface area contributed by atoms with Crippen LogP contribution < -0.4 is 10.6 Å². The maximum atomic E-state index is 12.6. The Labute approximate surface area is 198 Å². The molecule has 10 heteroatoms. The minimum Gasteiger partial charge on any atom is -0.504 e. The molecule has 2 aromatic carbocycles. The molecule has 0 amide bonds. The Morgan fingerprint density at radius 1 is 1.03 bits per heavy atom. The third-order valence-electron chi connectivity index (χ3n) is 6.27. The quantitative estimate of drug-likeness (QED) is 0.323. The number of hydrogen-bond donors (Lipinski definition) is 3. The van der Waals surface area contributed by atoms with Crippen molar-refractivity contribution in [3.63, 3.8) is 0 Å². The maximum absolute atomic E-state index is 12.6. The first-order chi connectivity index (χ1) is 15.6. The largest absolute Gasteiger partial charge is 0.504 e. The molecule has 8 nitrogen and oxygen atoms in total. The number of anilines is 1. The van der Waals surface area contributed by atoms with Crippen LogP contribution in [0.4, 0.5) is 5.69 Å². The number of fused-ring (bicyclic) bond motifs is 1. The first-order valence-corrected chi connectivity index (χ1v) is 12.6. The van der Waals surface area contributed by atoms with E-state index in [-0.39, 0.29) is 16.8 Å². The van der Waals surface area contributed by atoms with Gasteiger partial charge in [-0.2, -0.15) is 0 Å². The number of phenols is 1. The molecule has 0 spiro atoms. The van der Waals surface area contributed by atoms with Crippen LogP contribution in [0.2, 0.25) is 5.02 Å². The first-order valence-electron chi connectivity index (χ1n) is 10.8. The summed E-state index contributed by atoms with van der Waals surface area (Å²) in [6.07, 6.45) is 3.84. The summed E-state index contributed by atoms with van der Waals surface area (Å²) in [6.45, 7) is 0. The predicted octanol–water partition coefficient (Wildman–Crippen LogP) is 2.65. The van der Waals surface area contributed by atoms with E-state index in [0.29, 0.717) is 0 Å². The molecule has 2 aliphatic carbocycles. The van der Waals surface area contributed by atoms with Gasteiger partial charge in [0.15, 0.2) is 5.75 Å². The third-order valence-corrected chi connectivity index (χ3v) is 8.59. The second-order valence-electron chi connectivity index (χ2n) is 8.55. The van der Waals surface area contributed by atoms with Crippen molar-refractivity contribution in [3.05, 3.63) is 52.5 Å². The highest BCUT2D eigenvalue weighted by molar-refractivity contribution is 7.89. The molecular weight excluding hydrogens is 466 g/mol. The van der Waals surface area contributed by atoms with E-state index >= 15 is 0 Å². The van der Waals surface area contributed by atoms with Crippen molar-refractivity contribution in [2.75, 3.05) is 19.4 Å². The number of nitrogens with zero attached hydrogens (tertiary/aromatic N) is 1. The SMILES string of the molecule is CN(C)S(=O)(=O)c1c(Cl)ccc(NC2C(=O)C(=O)C2NC2CCCCc3ccccc32)c1O. The Kier molecular flexibility index (Phi) is 6.50. The van der Waals surface area contributed by atoms with Crippen molar-refractivity contribution in [3.8, 4) is 5.75 Å². The fourth-order valence-corrected chi connectivity index (χ4v) is 5.88. The maximum Gasteiger partial charge on any atom is 0.247 e. The van der Waals surface area contributed by atoms with Gasteiger partial charge < -0.3 is 10.4 Å². The summed E-state index contributed by atoms with van der Waals surface area (Å²) in [5.74, 6) is -1.76. The van der Waals surface area contributed by atoms with E-state index in [1.807, 2.05) is 18.2 Å². The van der Waals surface area contributed by atoms with Gasteiger partial charge in [0.25, 0.3) is 0 Å². The lowest BCUT2D eigenvalue weighted by Gasteiger charge is -2.38. The Morgan fingerprint density at radius 2 is 1.73 bits per heavy atom. The van der Waals surface area contributed by atoms with Gasteiger partial charge in [0.2, 0.25) is 21.6 Å². The van der Waals surface area contributed by atoms with Crippen LogP contribution in [0.15, 0.2) is 41.3 Å². The second-order valence-corrected chi connectivity index (χ2v) is 11.0. The van der Waals surface area contributed by atoms with Gasteiger partial charge in [-0.1, -0.05) is 42.3 Å². The number of aryl methyl sites for hydroxylation is 1. The highest BCUT2D eigenvalue weighted by atomic mass is 35.5. The van der Waals surface area contributed by atoms with Crippen LogP contribution in [0, 0.1) is 0 Å². The molecule has 2 aliphatic rings. The van der Waals surface area contributed by atoms with Crippen LogP contribution >= 0.6 is 11.6 Å². The second kappa shape index (κ2) is 9.06. The molecule has 3 N–H and O–H groups in total. The van der Waals surface area contributed by atoms with Crippen molar-refractivity contribution < 1.29 is 23.1 Å². The zero-order valence-corrected chi connectivity index (χ0v) is 19.9. The third kappa shape index (κ3) is 4.26. The summed E-state index contributed by atoms with van der Waals surface area (Å²) in [7, 11) is -1.39. The number of hydrogen-bond acceptors (Lipinski definition) is 7. The van der Waals surface area contributed by atoms with Gasteiger partial charge in [-0.15, -0.1) is 0 Å². The van der Waals surface area contributed by atoms with Crippen molar-refractivity contribution in [1.29, 1.82) is 0 Å². The van der Waals surface area contributed by atoms with E-state index in [9.17, 15) is 23.1 Å². The first kappa shape index (κ1) is 23.7. The molecule has 0 aromatic heterocycles. The van der Waals surface area contributed by atoms with Crippen molar-refractivity contribution >= 4 is 38.9 Å².